The average Bonchev–Trinajstić information content (AvgIpc) is 3.31. The lowest BCUT2D eigenvalue weighted by Crippen LogP contribution is -2.58. The van der Waals surface area contributed by atoms with Crippen LogP contribution < -0.4 is 21.7 Å². The first-order valence-corrected chi connectivity index (χ1v) is 10.7. The molecule has 0 bridgehead atoms. The number of aromatic nitrogens is 2. The van der Waals surface area contributed by atoms with Crippen LogP contribution in [-0.4, -0.2) is 74.1 Å². The molecule has 0 aliphatic rings. The number of nitrogens with two attached hydrogens (primary N) is 1. The van der Waals surface area contributed by atoms with Gasteiger partial charge in [-0.1, -0.05) is 30.3 Å². The van der Waals surface area contributed by atoms with Gasteiger partial charge < -0.3 is 36.9 Å². The van der Waals surface area contributed by atoms with E-state index in [2.05, 4.69) is 25.9 Å². The monoisotopic (exact) mass is 474 g/mol. The number of aliphatic carboxylic acids is 1. The Kier molecular flexibility index (Phi) is 9.71. The van der Waals surface area contributed by atoms with Crippen molar-refractivity contribution in [3.8, 4) is 0 Å². The van der Waals surface area contributed by atoms with E-state index in [1.807, 2.05) is 0 Å². The minimum Gasteiger partial charge on any atom is -0.480 e. The van der Waals surface area contributed by atoms with Crippen LogP contribution in [0, 0.1) is 0 Å². The molecule has 1 heterocycles. The van der Waals surface area contributed by atoms with Gasteiger partial charge in [0, 0.05) is 24.7 Å². The number of aliphatic hydroxyl groups excluding tert-OH is 1. The van der Waals surface area contributed by atoms with Gasteiger partial charge in [-0.3, -0.25) is 19.2 Å². The zero-order chi connectivity index (χ0) is 25.3. The zero-order valence-electron chi connectivity index (χ0n) is 18.9. The Morgan fingerprint density at radius 1 is 0.971 bits per heavy atom. The van der Waals surface area contributed by atoms with Crippen LogP contribution in [-0.2, 0) is 32.0 Å². The van der Waals surface area contributed by atoms with Gasteiger partial charge in [-0.15, -0.1) is 0 Å². The van der Waals surface area contributed by atoms with E-state index in [4.69, 9.17) is 10.8 Å². The van der Waals surface area contributed by atoms with Gasteiger partial charge in [-0.2, -0.15) is 0 Å². The van der Waals surface area contributed by atoms with E-state index in [0.29, 0.717) is 5.69 Å². The van der Waals surface area contributed by atoms with Crippen LogP contribution in [0.25, 0.3) is 0 Å². The molecule has 12 heteroatoms. The van der Waals surface area contributed by atoms with E-state index in [1.54, 1.807) is 30.3 Å². The highest BCUT2D eigenvalue weighted by atomic mass is 16.4. The van der Waals surface area contributed by atoms with Gasteiger partial charge >= 0.3 is 5.97 Å². The molecule has 8 N–H and O–H groups in total. The van der Waals surface area contributed by atoms with Crippen molar-refractivity contribution in [2.75, 3.05) is 0 Å². The van der Waals surface area contributed by atoms with Crippen LogP contribution >= 0.6 is 0 Å². The van der Waals surface area contributed by atoms with Crippen molar-refractivity contribution in [1.82, 2.24) is 25.9 Å². The zero-order valence-corrected chi connectivity index (χ0v) is 18.9. The Hall–Kier alpha value is -3.77. The molecule has 0 saturated heterocycles. The lowest BCUT2D eigenvalue weighted by Gasteiger charge is -2.25. The summed E-state index contributed by atoms with van der Waals surface area (Å²) in [6, 6.07) is 4.17. The van der Waals surface area contributed by atoms with Crippen molar-refractivity contribution in [3.63, 3.8) is 0 Å². The van der Waals surface area contributed by atoms with E-state index in [-0.39, 0.29) is 12.8 Å². The Morgan fingerprint density at radius 3 is 2.12 bits per heavy atom. The predicted octanol–water partition coefficient (Wildman–Crippen LogP) is -1.54. The van der Waals surface area contributed by atoms with Crippen molar-refractivity contribution >= 4 is 23.7 Å². The summed E-state index contributed by atoms with van der Waals surface area (Å²) in [5.74, 6) is -3.37. The maximum absolute atomic E-state index is 13.2. The fourth-order valence-corrected chi connectivity index (χ4v) is 3.02. The van der Waals surface area contributed by atoms with Crippen LogP contribution in [0.1, 0.15) is 25.1 Å². The maximum Gasteiger partial charge on any atom is 0.325 e. The molecule has 5 unspecified atom stereocenters. The van der Waals surface area contributed by atoms with Crippen molar-refractivity contribution in [1.29, 1.82) is 0 Å². The minimum absolute atomic E-state index is 0.00308. The quantitative estimate of drug-likeness (QED) is 0.192. The van der Waals surface area contributed by atoms with Crippen molar-refractivity contribution in [2.45, 2.75) is 57.0 Å². The van der Waals surface area contributed by atoms with Crippen LogP contribution in [0.2, 0.25) is 0 Å². The number of carboxylic acid groups (broad SMARTS) is 1. The first kappa shape index (κ1) is 26.5. The van der Waals surface area contributed by atoms with E-state index < -0.39 is 54.0 Å². The summed E-state index contributed by atoms with van der Waals surface area (Å²) in [5.41, 5.74) is 6.97. The standard InChI is InChI=1S/C22H30N6O6/c1-12(22(33)34)26-19(30)17(9-15-10-24-11-25-15)27-20(31)16(8-14-6-4-3-5-7-14)28-21(32)18(23)13(2)29/h3-7,10-13,16-18,29H,8-9,23H2,1-2H3,(H,24,25)(H,26,30)(H,27,31)(H,28,32)(H,33,34). The van der Waals surface area contributed by atoms with Crippen molar-refractivity contribution in [2.24, 2.45) is 5.73 Å². The predicted molar refractivity (Wildman–Crippen MR) is 121 cm³/mol. The number of aliphatic hydroxyl groups is 1. The molecule has 0 fully saturated rings. The molecule has 2 rings (SSSR count). The molecule has 0 aliphatic heterocycles. The Bertz CT molecular complexity index is 966. The van der Waals surface area contributed by atoms with E-state index in [0.717, 1.165) is 5.56 Å². The summed E-state index contributed by atoms with van der Waals surface area (Å²) in [4.78, 5) is 56.3. The van der Waals surface area contributed by atoms with Gasteiger partial charge in [-0.25, -0.2) is 4.98 Å². The molecule has 0 aliphatic carbocycles. The molecule has 34 heavy (non-hydrogen) atoms. The largest absolute Gasteiger partial charge is 0.480 e. The van der Waals surface area contributed by atoms with Crippen LogP contribution in [0.5, 0.6) is 0 Å². The summed E-state index contributed by atoms with van der Waals surface area (Å²) >= 11 is 0. The number of carbonyl (C=O) groups is 4. The molecule has 0 radical (unpaired) electrons. The van der Waals surface area contributed by atoms with Crippen molar-refractivity contribution in [3.05, 3.63) is 54.1 Å². The number of carboxylic acids is 1. The van der Waals surface area contributed by atoms with Crippen molar-refractivity contribution < 1.29 is 29.4 Å². The van der Waals surface area contributed by atoms with Gasteiger partial charge in [0.25, 0.3) is 0 Å². The minimum atomic E-state index is -1.26. The summed E-state index contributed by atoms with van der Waals surface area (Å²) in [6.07, 6.45) is 1.83. The second-order valence-electron chi connectivity index (χ2n) is 7.93. The first-order chi connectivity index (χ1) is 16.1. The first-order valence-electron chi connectivity index (χ1n) is 10.7. The number of rotatable bonds is 12. The summed E-state index contributed by atoms with van der Waals surface area (Å²) in [6.45, 7) is 2.65. The third-order valence-corrected chi connectivity index (χ3v) is 5.08. The highest BCUT2D eigenvalue weighted by Crippen LogP contribution is 2.06. The molecule has 0 spiro atoms. The normalized spacial score (nSPS) is 15.3. The van der Waals surface area contributed by atoms with Gasteiger partial charge in [0.1, 0.15) is 24.2 Å². The number of imidazole rings is 1. The van der Waals surface area contributed by atoms with Crippen LogP contribution in [0.3, 0.4) is 0 Å². The van der Waals surface area contributed by atoms with Gasteiger partial charge in [0.05, 0.1) is 12.4 Å². The van der Waals surface area contributed by atoms with Gasteiger partial charge in [-0.05, 0) is 19.4 Å². The van der Waals surface area contributed by atoms with Gasteiger partial charge in [0.15, 0.2) is 0 Å². The number of carbonyl (C=O) groups excluding carboxylic acids is 3. The van der Waals surface area contributed by atoms with Gasteiger partial charge in [0.2, 0.25) is 17.7 Å². The molecular weight excluding hydrogens is 444 g/mol. The molecule has 3 amide bonds. The lowest BCUT2D eigenvalue weighted by atomic mass is 10.0. The summed E-state index contributed by atoms with van der Waals surface area (Å²) in [7, 11) is 0. The highest BCUT2D eigenvalue weighted by Gasteiger charge is 2.30. The van der Waals surface area contributed by atoms with E-state index >= 15 is 0 Å². The fourth-order valence-electron chi connectivity index (χ4n) is 3.02. The van der Waals surface area contributed by atoms with E-state index in [1.165, 1.54) is 26.4 Å². The Balaban J connectivity index is 2.24. The lowest BCUT2D eigenvalue weighted by molar-refractivity contribution is -0.141. The SMILES string of the molecule is CC(NC(=O)C(Cc1cnc[nH]1)NC(=O)C(Cc1ccccc1)NC(=O)C(N)C(C)O)C(=O)O. The second kappa shape index (κ2) is 12.5. The molecule has 5 atom stereocenters. The summed E-state index contributed by atoms with van der Waals surface area (Å²) in [5, 5.41) is 26.2. The number of hydrogen-bond acceptors (Lipinski definition) is 7. The third-order valence-electron chi connectivity index (χ3n) is 5.08. The maximum atomic E-state index is 13.2. The second-order valence-corrected chi connectivity index (χ2v) is 7.93. The number of hydrogen-bond donors (Lipinski definition) is 7. The number of nitrogens with one attached hydrogen (secondary N) is 4. The molecule has 2 aromatic rings. The van der Waals surface area contributed by atoms with E-state index in [9.17, 15) is 24.3 Å². The third kappa shape index (κ3) is 7.98. The molecule has 184 valence electrons. The van der Waals surface area contributed by atoms with Crippen LogP contribution in [0.15, 0.2) is 42.9 Å². The fraction of sp³-hybridized carbons (Fsp3) is 0.409. The Morgan fingerprint density at radius 2 is 1.56 bits per heavy atom. The number of aromatic amines is 1. The number of H-pyrrole nitrogens is 1. The smallest absolute Gasteiger partial charge is 0.325 e. The molecular formula is C22H30N6O6. The molecule has 1 aromatic heterocycles. The van der Waals surface area contributed by atoms with Crippen LogP contribution in [0.4, 0.5) is 0 Å². The Labute approximate surface area is 196 Å². The molecule has 1 aromatic carbocycles. The average molecular weight is 475 g/mol. The topological polar surface area (TPSA) is 200 Å². The number of amides is 3. The summed E-state index contributed by atoms with van der Waals surface area (Å²) < 4.78 is 0. The molecule has 0 saturated carbocycles. The highest BCUT2D eigenvalue weighted by molar-refractivity contribution is 5.94. The number of benzene rings is 1. The molecule has 12 nitrogen and oxygen atoms in total. The number of nitrogens with zero attached hydrogens (tertiary/aromatic N) is 1.